The summed E-state index contributed by atoms with van der Waals surface area (Å²) >= 11 is 0. The summed E-state index contributed by atoms with van der Waals surface area (Å²) in [6, 6.07) is 10.7. The third-order valence-electron chi connectivity index (χ3n) is 5.47. The highest BCUT2D eigenvalue weighted by Gasteiger charge is 2.38. The molecule has 0 aromatic heterocycles. The smallest absolute Gasteiger partial charge is 0.233 e. The van der Waals surface area contributed by atoms with Crippen molar-refractivity contribution in [2.45, 2.75) is 19.3 Å². The van der Waals surface area contributed by atoms with Gasteiger partial charge in [0.1, 0.15) is 0 Å². The second kappa shape index (κ2) is 8.79. The highest BCUT2D eigenvalue weighted by atomic mass is 16.5. The molecule has 1 unspecified atom stereocenters. The van der Waals surface area contributed by atoms with Crippen molar-refractivity contribution in [1.82, 2.24) is 15.1 Å². The number of likely N-dealkylation sites (tertiary alicyclic amines) is 1. The first-order valence-corrected chi connectivity index (χ1v) is 9.46. The Morgan fingerprint density at radius 2 is 2.00 bits per heavy atom. The van der Waals surface area contributed by atoms with Gasteiger partial charge in [0.05, 0.1) is 19.8 Å². The number of carbonyl (C=O) groups excluding carboxylic acids is 1. The van der Waals surface area contributed by atoms with Gasteiger partial charge in [-0.05, 0) is 31.4 Å². The molecule has 1 amide bonds. The van der Waals surface area contributed by atoms with Crippen LogP contribution in [0.4, 0.5) is 0 Å². The lowest BCUT2D eigenvalue weighted by Crippen LogP contribution is -2.51. The number of benzene rings is 1. The van der Waals surface area contributed by atoms with Crippen LogP contribution in [0.2, 0.25) is 0 Å². The van der Waals surface area contributed by atoms with E-state index in [1.807, 2.05) is 0 Å². The molecule has 25 heavy (non-hydrogen) atoms. The van der Waals surface area contributed by atoms with Gasteiger partial charge in [-0.15, -0.1) is 0 Å². The van der Waals surface area contributed by atoms with Crippen LogP contribution in [0.1, 0.15) is 18.4 Å². The average Bonchev–Trinajstić information content (AvgIpc) is 2.83. The predicted octanol–water partition coefficient (Wildman–Crippen LogP) is 1.39. The van der Waals surface area contributed by atoms with Crippen molar-refractivity contribution in [3.63, 3.8) is 0 Å². The number of likely N-dealkylation sites (N-methyl/N-ethyl adjacent to an activating group) is 1. The predicted molar refractivity (Wildman–Crippen MR) is 99.6 cm³/mol. The van der Waals surface area contributed by atoms with Gasteiger partial charge in [0.2, 0.25) is 5.91 Å². The van der Waals surface area contributed by atoms with Crippen LogP contribution < -0.4 is 5.32 Å². The summed E-state index contributed by atoms with van der Waals surface area (Å²) < 4.78 is 5.94. The van der Waals surface area contributed by atoms with Gasteiger partial charge in [-0.3, -0.25) is 9.69 Å². The standard InChI is InChI=1S/C20H31N3O2/c1-21-19(24)14-23-12-13-25-17-20(16-23)9-5-10-22(15-20)11-8-18-6-3-2-4-7-18/h2-4,6-7H,5,8-17H2,1H3,(H,21,24). The summed E-state index contributed by atoms with van der Waals surface area (Å²) in [6.45, 7) is 7.17. The molecule has 1 aromatic rings. The number of hydrogen-bond donors (Lipinski definition) is 1. The molecule has 5 nitrogen and oxygen atoms in total. The molecule has 0 radical (unpaired) electrons. The van der Waals surface area contributed by atoms with Crippen LogP contribution in [-0.2, 0) is 16.0 Å². The lowest BCUT2D eigenvalue weighted by molar-refractivity contribution is -0.122. The molecule has 1 N–H and O–H groups in total. The van der Waals surface area contributed by atoms with Gasteiger partial charge in [0.25, 0.3) is 0 Å². The maximum Gasteiger partial charge on any atom is 0.233 e. The molecular weight excluding hydrogens is 314 g/mol. The van der Waals surface area contributed by atoms with Crippen LogP contribution >= 0.6 is 0 Å². The van der Waals surface area contributed by atoms with Crippen molar-refractivity contribution in [1.29, 1.82) is 0 Å². The van der Waals surface area contributed by atoms with E-state index in [0.717, 1.165) is 45.8 Å². The van der Waals surface area contributed by atoms with Gasteiger partial charge < -0.3 is 15.0 Å². The fourth-order valence-electron chi connectivity index (χ4n) is 4.18. The molecule has 0 aliphatic carbocycles. The van der Waals surface area contributed by atoms with Crippen molar-refractivity contribution in [3.8, 4) is 0 Å². The summed E-state index contributed by atoms with van der Waals surface area (Å²) in [4.78, 5) is 16.6. The zero-order valence-corrected chi connectivity index (χ0v) is 15.4. The number of nitrogens with zero attached hydrogens (tertiary/aromatic N) is 2. The normalized spacial score (nSPS) is 25.6. The summed E-state index contributed by atoms with van der Waals surface area (Å²) in [6.07, 6.45) is 3.50. The van der Waals surface area contributed by atoms with Gasteiger partial charge in [-0.1, -0.05) is 30.3 Å². The number of piperidine rings is 1. The Bertz CT molecular complexity index is 551. The molecule has 138 valence electrons. The SMILES string of the molecule is CNC(=O)CN1CCOCC2(CCCN(CCc3ccccc3)C2)C1. The van der Waals surface area contributed by atoms with E-state index < -0.39 is 0 Å². The van der Waals surface area contributed by atoms with Crippen LogP contribution in [0.3, 0.4) is 0 Å². The maximum absolute atomic E-state index is 11.8. The second-order valence-corrected chi connectivity index (χ2v) is 7.55. The van der Waals surface area contributed by atoms with Crippen molar-refractivity contribution < 1.29 is 9.53 Å². The minimum atomic E-state index is 0.0915. The molecular formula is C20H31N3O2. The van der Waals surface area contributed by atoms with Gasteiger partial charge in [0.15, 0.2) is 0 Å². The molecule has 2 saturated heterocycles. The van der Waals surface area contributed by atoms with Crippen molar-refractivity contribution in [2.24, 2.45) is 5.41 Å². The highest BCUT2D eigenvalue weighted by Crippen LogP contribution is 2.33. The first kappa shape index (κ1) is 18.4. The maximum atomic E-state index is 11.8. The average molecular weight is 345 g/mol. The molecule has 1 spiro atoms. The first-order valence-electron chi connectivity index (χ1n) is 9.46. The molecule has 3 rings (SSSR count). The van der Waals surface area contributed by atoms with E-state index in [1.54, 1.807) is 7.05 Å². The van der Waals surface area contributed by atoms with Gasteiger partial charge in [-0.2, -0.15) is 0 Å². The first-order chi connectivity index (χ1) is 12.2. The molecule has 2 fully saturated rings. The number of amides is 1. The Hall–Kier alpha value is -1.43. The lowest BCUT2D eigenvalue weighted by atomic mass is 9.80. The van der Waals surface area contributed by atoms with E-state index in [-0.39, 0.29) is 11.3 Å². The molecule has 0 bridgehead atoms. The number of rotatable bonds is 5. The van der Waals surface area contributed by atoms with E-state index >= 15 is 0 Å². The van der Waals surface area contributed by atoms with Crippen LogP contribution in [-0.4, -0.2) is 75.2 Å². The Kier molecular flexibility index (Phi) is 6.45. The number of nitrogens with one attached hydrogen (secondary N) is 1. The Labute approximate surface area is 151 Å². The highest BCUT2D eigenvalue weighted by molar-refractivity contribution is 5.77. The molecule has 1 aromatic carbocycles. The third-order valence-corrected chi connectivity index (χ3v) is 5.47. The monoisotopic (exact) mass is 345 g/mol. The van der Waals surface area contributed by atoms with Crippen LogP contribution in [0.5, 0.6) is 0 Å². The van der Waals surface area contributed by atoms with Crippen molar-refractivity contribution in [2.75, 3.05) is 59.5 Å². The van der Waals surface area contributed by atoms with E-state index in [2.05, 4.69) is 45.4 Å². The molecule has 2 aliphatic rings. The molecule has 1 atom stereocenters. The minimum Gasteiger partial charge on any atom is -0.379 e. The van der Waals surface area contributed by atoms with E-state index in [4.69, 9.17) is 4.74 Å². The van der Waals surface area contributed by atoms with Crippen LogP contribution in [0, 0.1) is 5.41 Å². The summed E-state index contributed by atoms with van der Waals surface area (Å²) in [5.74, 6) is 0.0915. The Morgan fingerprint density at radius 1 is 1.20 bits per heavy atom. The third kappa shape index (κ3) is 5.27. The fourth-order valence-corrected chi connectivity index (χ4v) is 4.18. The largest absolute Gasteiger partial charge is 0.379 e. The Morgan fingerprint density at radius 3 is 2.80 bits per heavy atom. The Balaban J connectivity index is 1.58. The van der Waals surface area contributed by atoms with E-state index in [0.29, 0.717) is 6.54 Å². The quantitative estimate of drug-likeness (QED) is 0.876. The summed E-state index contributed by atoms with van der Waals surface area (Å²) in [5, 5.41) is 2.74. The molecule has 2 aliphatic heterocycles. The summed E-state index contributed by atoms with van der Waals surface area (Å²) in [5.41, 5.74) is 1.57. The number of carbonyl (C=O) groups is 1. The van der Waals surface area contributed by atoms with Crippen LogP contribution in [0.15, 0.2) is 30.3 Å². The molecule has 5 heteroatoms. The van der Waals surface area contributed by atoms with Gasteiger partial charge in [-0.25, -0.2) is 0 Å². The zero-order chi connectivity index (χ0) is 17.5. The minimum absolute atomic E-state index is 0.0915. The second-order valence-electron chi connectivity index (χ2n) is 7.55. The molecule has 2 heterocycles. The molecule has 0 saturated carbocycles. The van der Waals surface area contributed by atoms with E-state index in [9.17, 15) is 4.79 Å². The zero-order valence-electron chi connectivity index (χ0n) is 15.4. The van der Waals surface area contributed by atoms with E-state index in [1.165, 1.54) is 24.9 Å². The topological polar surface area (TPSA) is 44.8 Å². The fraction of sp³-hybridized carbons (Fsp3) is 0.650. The van der Waals surface area contributed by atoms with Gasteiger partial charge in [0, 0.05) is 38.6 Å². The number of ether oxygens (including phenoxy) is 1. The van der Waals surface area contributed by atoms with Crippen molar-refractivity contribution >= 4 is 5.91 Å². The van der Waals surface area contributed by atoms with Crippen molar-refractivity contribution in [3.05, 3.63) is 35.9 Å². The number of hydrogen-bond acceptors (Lipinski definition) is 4. The van der Waals surface area contributed by atoms with Gasteiger partial charge >= 0.3 is 0 Å². The summed E-state index contributed by atoms with van der Waals surface area (Å²) in [7, 11) is 1.71. The van der Waals surface area contributed by atoms with Crippen LogP contribution in [0.25, 0.3) is 0 Å². The lowest BCUT2D eigenvalue weighted by Gasteiger charge is -2.43.